The van der Waals surface area contributed by atoms with Gasteiger partial charge in [-0.05, 0) is 31.2 Å². The molecule has 2 aliphatic rings. The first-order valence-electron chi connectivity index (χ1n) is 8.72. The number of likely N-dealkylation sites (tertiary alicyclic amines) is 1. The van der Waals surface area contributed by atoms with Crippen molar-refractivity contribution in [2.45, 2.75) is 25.4 Å². The van der Waals surface area contributed by atoms with E-state index in [-0.39, 0.29) is 17.9 Å². The number of nitrogens with zero attached hydrogens (tertiary/aromatic N) is 2. The van der Waals surface area contributed by atoms with Crippen LogP contribution in [-0.4, -0.2) is 57.9 Å². The molecule has 2 aromatic rings. The number of carboxylic acid groups (broad SMARTS) is 1. The predicted molar refractivity (Wildman–Crippen MR) is 90.2 cm³/mol. The van der Waals surface area contributed by atoms with Crippen molar-refractivity contribution < 1.29 is 19.4 Å². The first kappa shape index (κ1) is 16.1. The van der Waals surface area contributed by atoms with Crippen molar-refractivity contribution in [1.29, 1.82) is 0 Å². The minimum atomic E-state index is -0.774. The summed E-state index contributed by atoms with van der Waals surface area (Å²) in [4.78, 5) is 26.0. The van der Waals surface area contributed by atoms with Gasteiger partial charge in [-0.1, -0.05) is 18.2 Å². The number of rotatable bonds is 3. The number of fused-ring (bicyclic) bond motifs is 1. The molecule has 0 aliphatic carbocycles. The molecule has 1 aromatic heterocycles. The number of carbonyl (C=O) groups is 2. The second-order valence-electron chi connectivity index (χ2n) is 6.82. The third-order valence-electron chi connectivity index (χ3n) is 5.42. The van der Waals surface area contributed by atoms with Gasteiger partial charge in [0, 0.05) is 25.1 Å². The number of amides is 1. The van der Waals surface area contributed by atoms with E-state index in [0.29, 0.717) is 31.8 Å². The van der Waals surface area contributed by atoms with E-state index >= 15 is 0 Å². The quantitative estimate of drug-likeness (QED) is 0.887. The fourth-order valence-electron chi connectivity index (χ4n) is 4.05. The molecule has 1 unspecified atom stereocenters. The standard InChI is InChI=1S/C18H21N3O4/c22-17(15-12-3-1-2-4-14(12)19-20-15)21-8-5-11(6-9-21)16-13(18(23)24)7-10-25-16/h1-4,11,13,16H,5-10H2,(H,19,20)(H,23,24)/t13?,16-/m0/s1. The summed E-state index contributed by atoms with van der Waals surface area (Å²) in [5, 5.41) is 17.2. The van der Waals surface area contributed by atoms with E-state index in [1.165, 1.54) is 0 Å². The summed E-state index contributed by atoms with van der Waals surface area (Å²) >= 11 is 0. The lowest BCUT2D eigenvalue weighted by Gasteiger charge is -2.35. The van der Waals surface area contributed by atoms with E-state index in [9.17, 15) is 14.7 Å². The number of para-hydroxylation sites is 1. The number of aromatic amines is 1. The lowest BCUT2D eigenvalue weighted by Crippen LogP contribution is -2.43. The topological polar surface area (TPSA) is 95.5 Å². The van der Waals surface area contributed by atoms with Gasteiger partial charge in [0.15, 0.2) is 5.69 Å². The molecule has 0 bridgehead atoms. The van der Waals surface area contributed by atoms with Crippen molar-refractivity contribution in [3.63, 3.8) is 0 Å². The van der Waals surface area contributed by atoms with Gasteiger partial charge in [0.2, 0.25) is 0 Å². The average molecular weight is 343 g/mol. The number of H-pyrrole nitrogens is 1. The van der Waals surface area contributed by atoms with Gasteiger partial charge in [-0.2, -0.15) is 5.10 Å². The smallest absolute Gasteiger partial charge is 0.309 e. The van der Waals surface area contributed by atoms with E-state index in [2.05, 4.69) is 10.2 Å². The van der Waals surface area contributed by atoms with Crippen LogP contribution in [0.3, 0.4) is 0 Å². The second-order valence-corrected chi connectivity index (χ2v) is 6.82. The Bertz CT molecular complexity index is 794. The molecule has 132 valence electrons. The summed E-state index contributed by atoms with van der Waals surface area (Å²) in [6.07, 6.45) is 1.89. The Kier molecular flexibility index (Phi) is 4.17. The largest absolute Gasteiger partial charge is 0.481 e. The van der Waals surface area contributed by atoms with Crippen molar-refractivity contribution in [3.05, 3.63) is 30.0 Å². The maximum atomic E-state index is 12.8. The van der Waals surface area contributed by atoms with Gasteiger partial charge in [0.05, 0.1) is 17.5 Å². The van der Waals surface area contributed by atoms with Crippen LogP contribution in [-0.2, 0) is 9.53 Å². The number of benzene rings is 1. The molecule has 0 spiro atoms. The fraction of sp³-hybridized carbons (Fsp3) is 0.500. The Hall–Kier alpha value is -2.41. The minimum Gasteiger partial charge on any atom is -0.481 e. The first-order chi connectivity index (χ1) is 12.1. The molecular weight excluding hydrogens is 322 g/mol. The van der Waals surface area contributed by atoms with Crippen LogP contribution in [0.15, 0.2) is 24.3 Å². The van der Waals surface area contributed by atoms with Crippen LogP contribution in [0.4, 0.5) is 0 Å². The van der Waals surface area contributed by atoms with Crippen LogP contribution >= 0.6 is 0 Å². The number of piperidine rings is 1. The van der Waals surface area contributed by atoms with Crippen LogP contribution < -0.4 is 0 Å². The first-order valence-corrected chi connectivity index (χ1v) is 8.72. The molecule has 3 heterocycles. The molecule has 2 fully saturated rings. The van der Waals surface area contributed by atoms with Crippen molar-refractivity contribution in [2.75, 3.05) is 19.7 Å². The van der Waals surface area contributed by atoms with Crippen molar-refractivity contribution in [3.8, 4) is 0 Å². The van der Waals surface area contributed by atoms with Crippen molar-refractivity contribution >= 4 is 22.8 Å². The van der Waals surface area contributed by atoms with E-state index in [1.54, 1.807) is 0 Å². The highest BCUT2D eigenvalue weighted by molar-refractivity contribution is 6.04. The summed E-state index contributed by atoms with van der Waals surface area (Å²) in [5.74, 6) is -1.06. The van der Waals surface area contributed by atoms with E-state index in [1.807, 2.05) is 29.2 Å². The lowest BCUT2D eigenvalue weighted by molar-refractivity contribution is -0.145. The Morgan fingerprint density at radius 3 is 2.72 bits per heavy atom. The highest BCUT2D eigenvalue weighted by Gasteiger charge is 2.41. The van der Waals surface area contributed by atoms with E-state index in [4.69, 9.17) is 4.74 Å². The normalized spacial score (nSPS) is 24.7. The van der Waals surface area contributed by atoms with Gasteiger partial charge in [-0.3, -0.25) is 14.7 Å². The zero-order valence-corrected chi connectivity index (χ0v) is 13.9. The highest BCUT2D eigenvalue weighted by Crippen LogP contribution is 2.33. The SMILES string of the molecule is O=C(O)C1CCO[C@H]1C1CCN(C(=O)c2n[nH]c3ccccc23)CC1. The monoisotopic (exact) mass is 343 g/mol. The zero-order valence-electron chi connectivity index (χ0n) is 13.9. The molecule has 0 saturated carbocycles. The number of aliphatic carboxylic acids is 1. The van der Waals surface area contributed by atoms with Gasteiger partial charge in [0.25, 0.3) is 5.91 Å². The molecular formula is C18H21N3O4. The van der Waals surface area contributed by atoms with Gasteiger partial charge in [-0.25, -0.2) is 0 Å². The molecule has 7 nitrogen and oxygen atoms in total. The van der Waals surface area contributed by atoms with Crippen LogP contribution in [0, 0.1) is 11.8 Å². The van der Waals surface area contributed by atoms with Gasteiger partial charge >= 0.3 is 5.97 Å². The van der Waals surface area contributed by atoms with E-state index < -0.39 is 11.9 Å². The maximum absolute atomic E-state index is 12.8. The Balaban J connectivity index is 1.43. The van der Waals surface area contributed by atoms with Gasteiger partial charge in [-0.15, -0.1) is 0 Å². The number of carbonyl (C=O) groups excluding carboxylic acids is 1. The Labute approximate surface area is 145 Å². The number of hydrogen-bond acceptors (Lipinski definition) is 4. The molecule has 7 heteroatoms. The molecule has 0 radical (unpaired) electrons. The molecule has 1 amide bonds. The number of aromatic nitrogens is 2. The average Bonchev–Trinajstić information content (AvgIpc) is 3.28. The van der Waals surface area contributed by atoms with E-state index in [0.717, 1.165) is 23.7 Å². The zero-order chi connectivity index (χ0) is 17.4. The number of nitrogens with one attached hydrogen (secondary N) is 1. The summed E-state index contributed by atoms with van der Waals surface area (Å²) in [5.41, 5.74) is 1.30. The summed E-state index contributed by atoms with van der Waals surface area (Å²) in [6, 6.07) is 7.59. The van der Waals surface area contributed by atoms with Crippen LogP contribution in [0.25, 0.3) is 10.9 Å². The molecule has 25 heavy (non-hydrogen) atoms. The molecule has 2 saturated heterocycles. The Morgan fingerprint density at radius 2 is 1.96 bits per heavy atom. The predicted octanol–water partition coefficient (Wildman–Crippen LogP) is 1.90. The second kappa shape index (κ2) is 6.48. The molecule has 2 aliphatic heterocycles. The number of ether oxygens (including phenoxy) is 1. The van der Waals surface area contributed by atoms with Crippen molar-refractivity contribution in [2.24, 2.45) is 11.8 Å². The van der Waals surface area contributed by atoms with Crippen LogP contribution in [0.5, 0.6) is 0 Å². The highest BCUT2D eigenvalue weighted by atomic mass is 16.5. The summed E-state index contributed by atoms with van der Waals surface area (Å²) in [7, 11) is 0. The fourth-order valence-corrected chi connectivity index (χ4v) is 4.05. The number of hydrogen-bond donors (Lipinski definition) is 2. The third kappa shape index (κ3) is 2.89. The molecule has 1 aromatic carbocycles. The van der Waals surface area contributed by atoms with Crippen LogP contribution in [0.1, 0.15) is 29.8 Å². The summed E-state index contributed by atoms with van der Waals surface area (Å²) in [6.45, 7) is 1.73. The van der Waals surface area contributed by atoms with Gasteiger partial charge < -0.3 is 14.7 Å². The van der Waals surface area contributed by atoms with Crippen molar-refractivity contribution in [1.82, 2.24) is 15.1 Å². The van der Waals surface area contributed by atoms with Crippen LogP contribution in [0.2, 0.25) is 0 Å². The van der Waals surface area contributed by atoms with Gasteiger partial charge in [0.1, 0.15) is 0 Å². The lowest BCUT2D eigenvalue weighted by atomic mass is 9.84. The Morgan fingerprint density at radius 1 is 1.20 bits per heavy atom. The third-order valence-corrected chi connectivity index (χ3v) is 5.42. The molecule has 2 atom stereocenters. The maximum Gasteiger partial charge on any atom is 0.309 e. The minimum absolute atomic E-state index is 0.0713. The molecule has 4 rings (SSSR count). The molecule has 2 N–H and O–H groups in total. The number of carboxylic acids is 1. The summed E-state index contributed by atoms with van der Waals surface area (Å²) < 4.78 is 5.69.